The number of carboxylic acids is 1. The highest BCUT2D eigenvalue weighted by Crippen LogP contribution is 2.24. The summed E-state index contributed by atoms with van der Waals surface area (Å²) in [4.78, 5) is 28.2. The van der Waals surface area contributed by atoms with Gasteiger partial charge in [-0.3, -0.25) is 4.79 Å². The van der Waals surface area contributed by atoms with Crippen LogP contribution in [0.1, 0.15) is 27.3 Å². The first-order valence-corrected chi connectivity index (χ1v) is 11.1. The average molecular weight is 455 g/mol. The number of hydrogen-bond donors (Lipinski definition) is 1. The Morgan fingerprint density at radius 3 is 2.18 bits per heavy atom. The lowest BCUT2D eigenvalue weighted by atomic mass is 10.1. The Hall–Kier alpha value is -4.31. The molecule has 0 radical (unpaired) electrons. The van der Waals surface area contributed by atoms with Gasteiger partial charge in [0, 0.05) is 48.9 Å². The number of benzene rings is 2. The van der Waals surface area contributed by atoms with Gasteiger partial charge in [0.15, 0.2) is 0 Å². The standard InChI is InChI=1S/C27H26N4O3/c1-19-16-22(20(2)31(19)25-10-8-21(9-11-25)27(33)34)17-23(18-28)26(32)30-14-12-29(13-15-30)24-6-4-3-5-7-24/h3-11,16-17H,12-15H2,1-2H3,(H,33,34)/b23-17-. The van der Waals surface area contributed by atoms with Gasteiger partial charge in [0.25, 0.3) is 5.91 Å². The number of piperazine rings is 1. The van der Waals surface area contributed by atoms with E-state index in [9.17, 15) is 14.9 Å². The number of para-hydroxylation sites is 1. The largest absolute Gasteiger partial charge is 0.478 e. The van der Waals surface area contributed by atoms with E-state index in [1.165, 1.54) is 0 Å². The van der Waals surface area contributed by atoms with Crippen LogP contribution in [-0.4, -0.2) is 52.6 Å². The first-order valence-electron chi connectivity index (χ1n) is 11.1. The van der Waals surface area contributed by atoms with Gasteiger partial charge in [-0.05, 0) is 68.0 Å². The fourth-order valence-electron chi connectivity index (χ4n) is 4.36. The molecule has 1 aliphatic rings. The summed E-state index contributed by atoms with van der Waals surface area (Å²) in [5.74, 6) is -1.23. The number of aromatic nitrogens is 1. The maximum absolute atomic E-state index is 13.1. The molecule has 34 heavy (non-hydrogen) atoms. The number of anilines is 1. The average Bonchev–Trinajstić information content (AvgIpc) is 3.15. The van der Waals surface area contributed by atoms with Crippen molar-refractivity contribution < 1.29 is 14.7 Å². The molecule has 0 saturated carbocycles. The lowest BCUT2D eigenvalue weighted by Crippen LogP contribution is -2.49. The number of nitrogens with zero attached hydrogens (tertiary/aromatic N) is 4. The third-order valence-corrected chi connectivity index (χ3v) is 6.18. The fraction of sp³-hybridized carbons (Fsp3) is 0.222. The minimum atomic E-state index is -0.974. The number of nitriles is 1. The number of amides is 1. The van der Waals surface area contributed by atoms with E-state index in [4.69, 9.17) is 5.11 Å². The molecule has 1 amide bonds. The van der Waals surface area contributed by atoms with E-state index < -0.39 is 5.97 Å². The van der Waals surface area contributed by atoms with Gasteiger partial charge in [0.1, 0.15) is 11.6 Å². The fourth-order valence-corrected chi connectivity index (χ4v) is 4.36. The highest BCUT2D eigenvalue weighted by Gasteiger charge is 2.24. The third-order valence-electron chi connectivity index (χ3n) is 6.18. The van der Waals surface area contributed by atoms with E-state index in [-0.39, 0.29) is 17.0 Å². The number of aromatic carboxylic acids is 1. The second kappa shape index (κ2) is 9.67. The smallest absolute Gasteiger partial charge is 0.335 e. The van der Waals surface area contributed by atoms with Crippen LogP contribution in [0.3, 0.4) is 0 Å². The first kappa shape index (κ1) is 22.9. The van der Waals surface area contributed by atoms with Crippen LogP contribution < -0.4 is 4.90 Å². The van der Waals surface area contributed by atoms with Crippen molar-refractivity contribution in [3.8, 4) is 11.8 Å². The molecule has 1 aliphatic heterocycles. The highest BCUT2D eigenvalue weighted by molar-refractivity contribution is 6.02. The second-order valence-corrected chi connectivity index (χ2v) is 8.30. The van der Waals surface area contributed by atoms with E-state index >= 15 is 0 Å². The minimum Gasteiger partial charge on any atom is -0.478 e. The van der Waals surface area contributed by atoms with E-state index in [0.29, 0.717) is 13.1 Å². The number of carbonyl (C=O) groups is 2. The Bertz CT molecular complexity index is 1280. The molecule has 4 rings (SSSR count). The van der Waals surface area contributed by atoms with E-state index in [1.807, 2.05) is 42.7 Å². The predicted octanol–water partition coefficient (Wildman–Crippen LogP) is 4.05. The molecule has 2 heterocycles. The van der Waals surface area contributed by atoms with Crippen molar-refractivity contribution in [3.63, 3.8) is 0 Å². The molecule has 3 aromatic rings. The number of carbonyl (C=O) groups excluding carboxylic acids is 1. The molecule has 1 aromatic heterocycles. The molecule has 0 aliphatic carbocycles. The predicted molar refractivity (Wildman–Crippen MR) is 131 cm³/mol. The van der Waals surface area contributed by atoms with Gasteiger partial charge in [0.05, 0.1) is 5.56 Å². The SMILES string of the molecule is Cc1cc(/C=C(/C#N)C(=O)N2CCN(c3ccccc3)CC2)c(C)n1-c1ccc(C(=O)O)cc1. The van der Waals surface area contributed by atoms with E-state index in [2.05, 4.69) is 23.1 Å². The second-order valence-electron chi connectivity index (χ2n) is 8.30. The molecule has 1 N–H and O–H groups in total. The van der Waals surface area contributed by atoms with Crippen LogP contribution in [0.2, 0.25) is 0 Å². The maximum atomic E-state index is 13.1. The lowest BCUT2D eigenvalue weighted by Gasteiger charge is -2.36. The molecule has 0 bridgehead atoms. The summed E-state index contributed by atoms with van der Waals surface area (Å²) < 4.78 is 1.98. The van der Waals surface area contributed by atoms with Crippen molar-refractivity contribution in [2.24, 2.45) is 0 Å². The monoisotopic (exact) mass is 454 g/mol. The molecule has 1 fully saturated rings. The van der Waals surface area contributed by atoms with Crippen LogP contribution in [0.15, 0.2) is 66.2 Å². The Labute approximate surface area is 198 Å². The molecule has 1 saturated heterocycles. The Morgan fingerprint density at radius 1 is 0.941 bits per heavy atom. The Balaban J connectivity index is 1.52. The van der Waals surface area contributed by atoms with Crippen molar-refractivity contribution >= 4 is 23.6 Å². The zero-order valence-corrected chi connectivity index (χ0v) is 19.2. The Kier molecular flexibility index (Phi) is 6.51. The summed E-state index contributed by atoms with van der Waals surface area (Å²) in [6.07, 6.45) is 1.65. The maximum Gasteiger partial charge on any atom is 0.335 e. The molecule has 0 unspecified atom stereocenters. The Morgan fingerprint density at radius 2 is 1.59 bits per heavy atom. The van der Waals surface area contributed by atoms with Gasteiger partial charge in [-0.25, -0.2) is 4.79 Å². The molecular weight excluding hydrogens is 428 g/mol. The number of rotatable bonds is 5. The van der Waals surface area contributed by atoms with Gasteiger partial charge in [0.2, 0.25) is 0 Å². The molecule has 0 atom stereocenters. The minimum absolute atomic E-state index is 0.106. The summed E-state index contributed by atoms with van der Waals surface area (Å²) in [5, 5.41) is 18.9. The summed E-state index contributed by atoms with van der Waals surface area (Å²) in [5.41, 5.74) is 4.86. The topological polar surface area (TPSA) is 89.6 Å². The molecule has 7 nitrogen and oxygen atoms in total. The van der Waals surface area contributed by atoms with Crippen LogP contribution in [0.25, 0.3) is 11.8 Å². The molecule has 0 spiro atoms. The summed E-state index contributed by atoms with van der Waals surface area (Å²) in [6.45, 7) is 6.40. The first-order chi connectivity index (χ1) is 16.4. The van der Waals surface area contributed by atoms with Crippen molar-refractivity contribution in [1.29, 1.82) is 5.26 Å². The van der Waals surface area contributed by atoms with Gasteiger partial charge in [-0.2, -0.15) is 5.26 Å². The van der Waals surface area contributed by atoms with Gasteiger partial charge >= 0.3 is 5.97 Å². The van der Waals surface area contributed by atoms with Crippen molar-refractivity contribution in [3.05, 3.63) is 88.8 Å². The lowest BCUT2D eigenvalue weighted by molar-refractivity contribution is -0.126. The number of hydrogen-bond acceptors (Lipinski definition) is 4. The number of carboxylic acid groups (broad SMARTS) is 1. The van der Waals surface area contributed by atoms with Crippen LogP contribution in [0, 0.1) is 25.2 Å². The zero-order chi connectivity index (χ0) is 24.2. The zero-order valence-electron chi connectivity index (χ0n) is 19.2. The summed E-state index contributed by atoms with van der Waals surface area (Å²) in [6, 6.07) is 20.7. The van der Waals surface area contributed by atoms with E-state index in [0.717, 1.165) is 41.4 Å². The van der Waals surface area contributed by atoms with E-state index in [1.54, 1.807) is 35.2 Å². The van der Waals surface area contributed by atoms with Crippen molar-refractivity contribution in [1.82, 2.24) is 9.47 Å². The quantitative estimate of drug-likeness (QED) is 0.464. The summed E-state index contributed by atoms with van der Waals surface area (Å²) >= 11 is 0. The molecule has 7 heteroatoms. The van der Waals surface area contributed by atoms with Crippen LogP contribution in [0.4, 0.5) is 5.69 Å². The highest BCUT2D eigenvalue weighted by atomic mass is 16.4. The van der Waals surface area contributed by atoms with Gasteiger partial charge < -0.3 is 19.5 Å². The molecule has 2 aromatic carbocycles. The van der Waals surface area contributed by atoms with Crippen LogP contribution >= 0.6 is 0 Å². The van der Waals surface area contributed by atoms with Gasteiger partial charge in [-0.1, -0.05) is 18.2 Å². The third kappa shape index (κ3) is 4.57. The van der Waals surface area contributed by atoms with Crippen molar-refractivity contribution in [2.75, 3.05) is 31.1 Å². The van der Waals surface area contributed by atoms with Gasteiger partial charge in [-0.15, -0.1) is 0 Å². The van der Waals surface area contributed by atoms with Crippen LogP contribution in [0.5, 0.6) is 0 Å². The molecular formula is C27H26N4O3. The molecule has 172 valence electrons. The normalized spacial score (nSPS) is 14.1. The van der Waals surface area contributed by atoms with Crippen molar-refractivity contribution in [2.45, 2.75) is 13.8 Å². The van der Waals surface area contributed by atoms with Crippen LogP contribution in [-0.2, 0) is 4.79 Å². The number of aryl methyl sites for hydroxylation is 1. The summed E-state index contributed by atoms with van der Waals surface area (Å²) in [7, 11) is 0.